The average molecular weight is 357 g/mol. The van der Waals surface area contributed by atoms with E-state index in [0.29, 0.717) is 31.1 Å². The maximum absolute atomic E-state index is 12.5. The monoisotopic (exact) mass is 357 g/mol. The molecule has 2 heterocycles. The molecule has 138 valence electrons. The summed E-state index contributed by atoms with van der Waals surface area (Å²) in [5, 5.41) is 6.77. The molecule has 1 saturated heterocycles. The lowest BCUT2D eigenvalue weighted by Gasteiger charge is -2.20. The molecule has 0 bridgehead atoms. The smallest absolute Gasteiger partial charge is 0.324 e. The summed E-state index contributed by atoms with van der Waals surface area (Å²) in [7, 11) is 3.49. The van der Waals surface area contributed by atoms with Crippen LogP contribution < -0.4 is 10.2 Å². The highest BCUT2D eigenvalue weighted by Crippen LogP contribution is 2.23. The van der Waals surface area contributed by atoms with Crippen LogP contribution in [0.25, 0.3) is 0 Å². The summed E-state index contributed by atoms with van der Waals surface area (Å²) in [5.41, 5.74) is 3.09. The van der Waals surface area contributed by atoms with Gasteiger partial charge in [-0.1, -0.05) is 11.2 Å². The molecule has 1 aliphatic heterocycles. The highest BCUT2D eigenvalue weighted by Gasteiger charge is 2.26. The maximum Gasteiger partial charge on any atom is 0.324 e. The number of carbonyl (C=O) groups is 2. The number of amides is 4. The van der Waals surface area contributed by atoms with Crippen LogP contribution in [0.2, 0.25) is 0 Å². The van der Waals surface area contributed by atoms with Crippen LogP contribution in [0.1, 0.15) is 17.0 Å². The number of nitrogens with zero attached hydrogens (tertiary/aromatic N) is 4. The molecule has 3 rings (SSSR count). The van der Waals surface area contributed by atoms with Crippen LogP contribution in [0.5, 0.6) is 0 Å². The van der Waals surface area contributed by atoms with Crippen LogP contribution in [-0.4, -0.2) is 54.2 Å². The van der Waals surface area contributed by atoms with Gasteiger partial charge in [0.15, 0.2) is 0 Å². The molecule has 0 radical (unpaired) electrons. The van der Waals surface area contributed by atoms with E-state index in [4.69, 9.17) is 4.52 Å². The molecule has 1 aromatic heterocycles. The minimum absolute atomic E-state index is 0.0380. The normalized spacial score (nSPS) is 14.1. The first-order valence-electron chi connectivity index (χ1n) is 8.43. The van der Waals surface area contributed by atoms with E-state index in [2.05, 4.69) is 10.5 Å². The van der Waals surface area contributed by atoms with Crippen molar-refractivity contribution in [3.63, 3.8) is 0 Å². The van der Waals surface area contributed by atoms with Gasteiger partial charge < -0.3 is 19.6 Å². The number of benzene rings is 1. The summed E-state index contributed by atoms with van der Waals surface area (Å²) in [6.45, 7) is 5.41. The predicted molar refractivity (Wildman–Crippen MR) is 98.3 cm³/mol. The van der Waals surface area contributed by atoms with Crippen molar-refractivity contribution < 1.29 is 14.1 Å². The van der Waals surface area contributed by atoms with Gasteiger partial charge in [0.2, 0.25) is 0 Å². The van der Waals surface area contributed by atoms with Crippen molar-refractivity contribution in [2.45, 2.75) is 20.4 Å². The Kier molecular flexibility index (Phi) is 4.83. The molecule has 0 atom stereocenters. The molecule has 0 spiro atoms. The van der Waals surface area contributed by atoms with Crippen molar-refractivity contribution in [3.8, 4) is 0 Å². The third-order valence-electron chi connectivity index (χ3n) is 4.55. The van der Waals surface area contributed by atoms with Gasteiger partial charge in [-0.15, -0.1) is 0 Å². The van der Waals surface area contributed by atoms with Gasteiger partial charge in [0.05, 0.1) is 12.2 Å². The molecule has 4 amide bonds. The van der Waals surface area contributed by atoms with E-state index in [0.717, 1.165) is 16.9 Å². The zero-order valence-electron chi connectivity index (χ0n) is 15.4. The molecule has 1 aliphatic rings. The highest BCUT2D eigenvalue weighted by molar-refractivity contribution is 5.95. The number of rotatable bonds is 4. The number of aromatic nitrogens is 1. The van der Waals surface area contributed by atoms with E-state index >= 15 is 0 Å². The molecule has 1 N–H and O–H groups in total. The number of carbonyl (C=O) groups excluding carboxylic acids is 2. The third-order valence-corrected chi connectivity index (χ3v) is 4.55. The largest absolute Gasteiger partial charge is 0.361 e. The Balaban J connectivity index is 1.68. The Labute approximate surface area is 152 Å². The predicted octanol–water partition coefficient (Wildman–Crippen LogP) is 2.83. The lowest BCUT2D eigenvalue weighted by molar-refractivity contribution is 0.220. The quantitative estimate of drug-likeness (QED) is 0.912. The molecule has 2 aromatic rings. The van der Waals surface area contributed by atoms with Crippen molar-refractivity contribution in [1.82, 2.24) is 15.0 Å². The van der Waals surface area contributed by atoms with Gasteiger partial charge >= 0.3 is 12.1 Å². The number of anilines is 2. The molecule has 8 nitrogen and oxygen atoms in total. The summed E-state index contributed by atoms with van der Waals surface area (Å²) in [6, 6.07) is 7.01. The van der Waals surface area contributed by atoms with Crippen LogP contribution in [0, 0.1) is 13.8 Å². The Bertz CT molecular complexity index is 812. The standard InChI is InChI=1S/C18H23N5O3/c1-12-16(13(2)26-20-12)11-22(4)17(24)19-14-6-5-7-15(10-14)23-9-8-21(3)18(23)25/h5-7,10H,8-9,11H2,1-4H3,(H,19,24). The summed E-state index contributed by atoms with van der Waals surface area (Å²) in [5.74, 6) is 0.709. The van der Waals surface area contributed by atoms with Crippen molar-refractivity contribution >= 4 is 23.4 Å². The van der Waals surface area contributed by atoms with Crippen molar-refractivity contribution in [2.24, 2.45) is 0 Å². The highest BCUT2D eigenvalue weighted by atomic mass is 16.5. The fraction of sp³-hybridized carbons (Fsp3) is 0.389. The lowest BCUT2D eigenvalue weighted by atomic mass is 10.2. The van der Waals surface area contributed by atoms with Gasteiger partial charge in [0, 0.05) is 44.1 Å². The number of urea groups is 2. The van der Waals surface area contributed by atoms with Gasteiger partial charge in [0.1, 0.15) is 5.76 Å². The van der Waals surface area contributed by atoms with Crippen LogP contribution in [0.4, 0.5) is 21.0 Å². The number of hydrogen-bond acceptors (Lipinski definition) is 4. The molecular formula is C18H23N5O3. The molecule has 8 heteroatoms. The van der Waals surface area contributed by atoms with Gasteiger partial charge in [0.25, 0.3) is 0 Å². The van der Waals surface area contributed by atoms with Gasteiger partial charge in [-0.05, 0) is 32.0 Å². The second kappa shape index (κ2) is 7.07. The van der Waals surface area contributed by atoms with Crippen LogP contribution in [0.15, 0.2) is 28.8 Å². The topological polar surface area (TPSA) is 81.9 Å². The van der Waals surface area contributed by atoms with E-state index < -0.39 is 0 Å². The number of nitrogens with one attached hydrogen (secondary N) is 1. The Hall–Kier alpha value is -3.03. The minimum Gasteiger partial charge on any atom is -0.361 e. The summed E-state index contributed by atoms with van der Waals surface area (Å²) in [4.78, 5) is 29.5. The average Bonchev–Trinajstić information content (AvgIpc) is 3.11. The second-order valence-electron chi connectivity index (χ2n) is 6.50. The van der Waals surface area contributed by atoms with Crippen molar-refractivity contribution in [1.29, 1.82) is 0 Å². The molecule has 0 unspecified atom stereocenters. The first kappa shape index (κ1) is 17.8. The number of hydrogen-bond donors (Lipinski definition) is 1. The lowest BCUT2D eigenvalue weighted by Crippen LogP contribution is -2.31. The van der Waals surface area contributed by atoms with Crippen molar-refractivity contribution in [2.75, 3.05) is 37.4 Å². The van der Waals surface area contributed by atoms with Gasteiger partial charge in [-0.2, -0.15) is 0 Å². The second-order valence-corrected chi connectivity index (χ2v) is 6.50. The van der Waals surface area contributed by atoms with Gasteiger partial charge in [-0.3, -0.25) is 4.90 Å². The van der Waals surface area contributed by atoms with Gasteiger partial charge in [-0.25, -0.2) is 9.59 Å². The maximum atomic E-state index is 12.5. The Morgan fingerprint density at radius 3 is 2.73 bits per heavy atom. The van der Waals surface area contributed by atoms with E-state index in [-0.39, 0.29) is 12.1 Å². The first-order valence-corrected chi connectivity index (χ1v) is 8.43. The fourth-order valence-electron chi connectivity index (χ4n) is 2.89. The van der Waals surface area contributed by atoms with Crippen LogP contribution >= 0.6 is 0 Å². The van der Waals surface area contributed by atoms with Crippen LogP contribution in [-0.2, 0) is 6.54 Å². The molecule has 0 saturated carbocycles. The van der Waals surface area contributed by atoms with E-state index in [1.54, 1.807) is 40.9 Å². The van der Waals surface area contributed by atoms with Crippen molar-refractivity contribution in [3.05, 3.63) is 41.3 Å². The Morgan fingerprint density at radius 1 is 1.35 bits per heavy atom. The Morgan fingerprint density at radius 2 is 2.12 bits per heavy atom. The summed E-state index contributed by atoms with van der Waals surface area (Å²) in [6.07, 6.45) is 0. The first-order chi connectivity index (χ1) is 12.4. The van der Waals surface area contributed by atoms with E-state index in [1.807, 2.05) is 26.0 Å². The third kappa shape index (κ3) is 3.49. The molecule has 1 fully saturated rings. The summed E-state index contributed by atoms with van der Waals surface area (Å²) >= 11 is 0. The molecular weight excluding hydrogens is 334 g/mol. The number of aryl methyl sites for hydroxylation is 2. The molecule has 26 heavy (non-hydrogen) atoms. The van der Waals surface area contributed by atoms with Crippen LogP contribution in [0.3, 0.4) is 0 Å². The molecule has 0 aliphatic carbocycles. The SMILES string of the molecule is Cc1noc(C)c1CN(C)C(=O)Nc1cccc(N2CCN(C)C2=O)c1. The molecule has 1 aromatic carbocycles. The van der Waals surface area contributed by atoms with E-state index in [1.165, 1.54) is 0 Å². The van der Waals surface area contributed by atoms with E-state index in [9.17, 15) is 9.59 Å². The fourth-order valence-corrected chi connectivity index (χ4v) is 2.89. The summed E-state index contributed by atoms with van der Waals surface area (Å²) < 4.78 is 5.14. The minimum atomic E-state index is -0.244. The zero-order chi connectivity index (χ0) is 18.8. The number of likely N-dealkylation sites (N-methyl/N-ethyl adjacent to an activating group) is 1. The zero-order valence-corrected chi connectivity index (χ0v) is 15.4.